The molecule has 0 radical (unpaired) electrons. The lowest BCUT2D eigenvalue weighted by Crippen LogP contribution is -2.30. The number of aromatic nitrogens is 1. The highest BCUT2D eigenvalue weighted by Crippen LogP contribution is 2.08. The maximum Gasteiger partial charge on any atom is 0.321 e. The van der Waals surface area contributed by atoms with Crippen molar-refractivity contribution in [2.75, 3.05) is 12.4 Å². The molecular weight excluding hydrogens is 245 g/mol. The summed E-state index contributed by atoms with van der Waals surface area (Å²) in [6.07, 6.45) is 3.19. The van der Waals surface area contributed by atoms with Crippen LogP contribution in [0.15, 0.2) is 48.8 Å². The summed E-state index contributed by atoms with van der Waals surface area (Å²) in [6, 6.07) is 9.40. The van der Waals surface area contributed by atoms with Crippen molar-refractivity contribution in [1.82, 2.24) is 9.88 Å². The molecule has 98 valence electrons. The van der Waals surface area contributed by atoms with Gasteiger partial charge in [0.05, 0.1) is 11.9 Å². The van der Waals surface area contributed by atoms with Gasteiger partial charge >= 0.3 is 6.03 Å². The lowest BCUT2D eigenvalue weighted by Gasteiger charge is -2.18. The second-order valence-electron chi connectivity index (χ2n) is 4.16. The van der Waals surface area contributed by atoms with Crippen LogP contribution in [0.2, 0.25) is 0 Å². The highest BCUT2D eigenvalue weighted by molar-refractivity contribution is 5.88. The number of nitrogens with one attached hydrogen (secondary N) is 1. The summed E-state index contributed by atoms with van der Waals surface area (Å²) in [7, 11) is 1.65. The predicted octanol–water partition coefficient (Wildman–Crippen LogP) is 2.88. The normalized spacial score (nSPS) is 10.0. The molecule has 1 aromatic carbocycles. The fraction of sp³-hybridized carbons (Fsp3) is 0.143. The zero-order valence-electron chi connectivity index (χ0n) is 10.5. The van der Waals surface area contributed by atoms with Crippen molar-refractivity contribution < 1.29 is 9.18 Å². The van der Waals surface area contributed by atoms with Crippen LogP contribution >= 0.6 is 0 Å². The van der Waals surface area contributed by atoms with Crippen LogP contribution in [-0.2, 0) is 6.54 Å². The van der Waals surface area contributed by atoms with Gasteiger partial charge in [-0.15, -0.1) is 0 Å². The number of carbonyl (C=O) groups is 1. The van der Waals surface area contributed by atoms with Gasteiger partial charge in [0.25, 0.3) is 0 Å². The molecule has 5 heteroatoms. The highest BCUT2D eigenvalue weighted by atomic mass is 19.1. The minimum Gasteiger partial charge on any atom is -0.323 e. The van der Waals surface area contributed by atoms with Crippen LogP contribution in [0.5, 0.6) is 0 Å². The third-order valence-electron chi connectivity index (χ3n) is 2.57. The molecule has 4 nitrogen and oxygen atoms in total. The summed E-state index contributed by atoms with van der Waals surface area (Å²) in [5.74, 6) is -0.307. The molecule has 0 bridgehead atoms. The summed E-state index contributed by atoms with van der Waals surface area (Å²) >= 11 is 0. The molecule has 0 aliphatic rings. The first-order valence-corrected chi connectivity index (χ1v) is 5.82. The summed E-state index contributed by atoms with van der Waals surface area (Å²) in [5, 5.41) is 2.71. The Hall–Kier alpha value is -2.43. The van der Waals surface area contributed by atoms with Gasteiger partial charge in [-0.1, -0.05) is 12.1 Å². The van der Waals surface area contributed by atoms with Gasteiger partial charge in [-0.05, 0) is 29.8 Å². The Morgan fingerprint density at radius 1 is 1.37 bits per heavy atom. The monoisotopic (exact) mass is 259 g/mol. The lowest BCUT2D eigenvalue weighted by atomic mass is 10.2. The number of anilines is 1. The zero-order valence-corrected chi connectivity index (χ0v) is 10.5. The van der Waals surface area contributed by atoms with Crippen molar-refractivity contribution in [3.63, 3.8) is 0 Å². The van der Waals surface area contributed by atoms with E-state index in [1.165, 1.54) is 17.0 Å². The van der Waals surface area contributed by atoms with E-state index in [1.807, 2.05) is 0 Å². The van der Waals surface area contributed by atoms with E-state index in [0.717, 1.165) is 5.56 Å². The van der Waals surface area contributed by atoms with E-state index in [2.05, 4.69) is 10.3 Å². The first-order valence-electron chi connectivity index (χ1n) is 5.82. The van der Waals surface area contributed by atoms with Crippen molar-refractivity contribution in [3.8, 4) is 0 Å². The summed E-state index contributed by atoms with van der Waals surface area (Å²) in [6.45, 7) is 0.337. The molecule has 0 unspecified atom stereocenters. The number of urea groups is 1. The van der Waals surface area contributed by atoms with E-state index in [0.29, 0.717) is 12.2 Å². The number of nitrogens with zero attached hydrogens (tertiary/aromatic N) is 2. The lowest BCUT2D eigenvalue weighted by molar-refractivity contribution is 0.220. The predicted molar refractivity (Wildman–Crippen MR) is 71.1 cm³/mol. The summed E-state index contributed by atoms with van der Waals surface area (Å²) in [4.78, 5) is 17.3. The van der Waals surface area contributed by atoms with Crippen LogP contribution in [0.4, 0.5) is 14.9 Å². The van der Waals surface area contributed by atoms with Crippen molar-refractivity contribution in [1.29, 1.82) is 0 Å². The van der Waals surface area contributed by atoms with E-state index < -0.39 is 0 Å². The van der Waals surface area contributed by atoms with Crippen LogP contribution in [-0.4, -0.2) is 23.0 Å². The molecule has 0 aliphatic carbocycles. The molecular formula is C14H14FN3O. The zero-order chi connectivity index (χ0) is 13.7. The largest absolute Gasteiger partial charge is 0.323 e. The Labute approximate surface area is 110 Å². The van der Waals surface area contributed by atoms with E-state index >= 15 is 0 Å². The average molecular weight is 259 g/mol. The Morgan fingerprint density at radius 3 is 2.89 bits per heavy atom. The van der Waals surface area contributed by atoms with Crippen molar-refractivity contribution in [3.05, 3.63) is 60.2 Å². The van der Waals surface area contributed by atoms with Gasteiger partial charge in [0.1, 0.15) is 5.82 Å². The Morgan fingerprint density at radius 2 is 2.21 bits per heavy atom. The second-order valence-corrected chi connectivity index (χ2v) is 4.16. The fourth-order valence-corrected chi connectivity index (χ4v) is 1.64. The average Bonchev–Trinajstić information content (AvgIpc) is 2.40. The van der Waals surface area contributed by atoms with Gasteiger partial charge in [-0.3, -0.25) is 4.98 Å². The van der Waals surface area contributed by atoms with Gasteiger partial charge in [0.15, 0.2) is 0 Å². The molecule has 1 N–H and O–H groups in total. The molecule has 1 aromatic heterocycles. The maximum absolute atomic E-state index is 13.0. The van der Waals surface area contributed by atoms with Crippen molar-refractivity contribution >= 4 is 11.7 Å². The molecule has 19 heavy (non-hydrogen) atoms. The topological polar surface area (TPSA) is 45.2 Å². The standard InChI is InChI=1S/C14H14FN3O/c1-18(10-11-4-2-5-12(15)8-11)14(19)17-13-6-3-7-16-9-13/h2-9H,10H2,1H3,(H,17,19). The Kier molecular flexibility index (Phi) is 4.07. The third kappa shape index (κ3) is 3.77. The number of pyridine rings is 1. The maximum atomic E-state index is 13.0. The van der Waals surface area contributed by atoms with Gasteiger partial charge < -0.3 is 10.2 Å². The number of carbonyl (C=O) groups excluding carboxylic acids is 1. The van der Waals surface area contributed by atoms with Crippen molar-refractivity contribution in [2.45, 2.75) is 6.54 Å². The molecule has 2 aromatic rings. The smallest absolute Gasteiger partial charge is 0.321 e. The molecule has 0 saturated carbocycles. The SMILES string of the molecule is CN(Cc1cccc(F)c1)C(=O)Nc1cccnc1. The van der Waals surface area contributed by atoms with Crippen LogP contribution in [0.25, 0.3) is 0 Å². The second kappa shape index (κ2) is 5.95. The fourth-order valence-electron chi connectivity index (χ4n) is 1.64. The quantitative estimate of drug-likeness (QED) is 0.921. The van der Waals surface area contributed by atoms with Crippen LogP contribution in [0.3, 0.4) is 0 Å². The number of rotatable bonds is 3. The molecule has 0 fully saturated rings. The highest BCUT2D eigenvalue weighted by Gasteiger charge is 2.09. The number of halogens is 1. The van der Waals surface area contributed by atoms with Crippen molar-refractivity contribution in [2.24, 2.45) is 0 Å². The third-order valence-corrected chi connectivity index (χ3v) is 2.57. The minimum atomic E-state index is -0.307. The molecule has 0 saturated heterocycles. The van der Waals surface area contributed by atoms with Crippen LogP contribution in [0.1, 0.15) is 5.56 Å². The molecule has 2 amide bonds. The van der Waals surface area contributed by atoms with E-state index in [4.69, 9.17) is 0 Å². The first kappa shape index (κ1) is 13.0. The van der Waals surface area contributed by atoms with Gasteiger partial charge in [0.2, 0.25) is 0 Å². The molecule has 0 atom stereocenters. The molecule has 1 heterocycles. The summed E-state index contributed by atoms with van der Waals surface area (Å²) in [5.41, 5.74) is 1.36. The van der Waals surface area contributed by atoms with E-state index in [1.54, 1.807) is 43.7 Å². The first-order chi connectivity index (χ1) is 9.15. The van der Waals surface area contributed by atoms with E-state index in [9.17, 15) is 9.18 Å². The summed E-state index contributed by atoms with van der Waals surface area (Å²) < 4.78 is 13.0. The number of amides is 2. The Bertz CT molecular complexity index is 560. The number of benzene rings is 1. The van der Waals surface area contributed by atoms with E-state index in [-0.39, 0.29) is 11.8 Å². The van der Waals surface area contributed by atoms with Crippen LogP contribution < -0.4 is 5.32 Å². The number of hydrogen-bond donors (Lipinski definition) is 1. The van der Waals surface area contributed by atoms with Gasteiger partial charge in [-0.2, -0.15) is 0 Å². The molecule has 0 aliphatic heterocycles. The van der Waals surface area contributed by atoms with Gasteiger partial charge in [-0.25, -0.2) is 9.18 Å². The number of hydrogen-bond acceptors (Lipinski definition) is 2. The van der Waals surface area contributed by atoms with Crippen LogP contribution in [0, 0.1) is 5.82 Å². The Balaban J connectivity index is 1.96. The molecule has 0 spiro atoms. The minimum absolute atomic E-state index is 0.266. The molecule has 2 rings (SSSR count). The van der Waals surface area contributed by atoms with Gasteiger partial charge in [0, 0.05) is 19.8 Å².